The SMILES string of the molecule is Cc1ccc(C(=O)N2CCN(C(=O)CCl)C2)cc1. The van der Waals surface area contributed by atoms with Crippen LogP contribution in [0.15, 0.2) is 24.3 Å². The minimum Gasteiger partial charge on any atom is -0.322 e. The fourth-order valence-electron chi connectivity index (χ4n) is 1.92. The Morgan fingerprint density at radius 3 is 2.39 bits per heavy atom. The Labute approximate surface area is 111 Å². The number of hydrogen-bond acceptors (Lipinski definition) is 2. The van der Waals surface area contributed by atoms with Gasteiger partial charge in [-0.1, -0.05) is 17.7 Å². The molecule has 0 spiro atoms. The van der Waals surface area contributed by atoms with Crippen molar-refractivity contribution in [3.8, 4) is 0 Å². The summed E-state index contributed by atoms with van der Waals surface area (Å²) in [6, 6.07) is 7.43. The molecule has 0 bridgehead atoms. The summed E-state index contributed by atoms with van der Waals surface area (Å²) in [6.45, 7) is 3.43. The monoisotopic (exact) mass is 266 g/mol. The van der Waals surface area contributed by atoms with Gasteiger partial charge in [0.25, 0.3) is 5.91 Å². The van der Waals surface area contributed by atoms with Crippen molar-refractivity contribution in [1.29, 1.82) is 0 Å². The predicted octanol–water partition coefficient (Wildman–Crippen LogP) is 1.48. The Morgan fingerprint density at radius 2 is 1.78 bits per heavy atom. The van der Waals surface area contributed by atoms with Crippen LogP contribution in [0.4, 0.5) is 0 Å². The first-order valence-electron chi connectivity index (χ1n) is 5.81. The summed E-state index contributed by atoms with van der Waals surface area (Å²) in [5.41, 5.74) is 1.77. The smallest absolute Gasteiger partial charge is 0.255 e. The van der Waals surface area contributed by atoms with Crippen LogP contribution in [-0.4, -0.2) is 47.3 Å². The van der Waals surface area contributed by atoms with Gasteiger partial charge in [-0.2, -0.15) is 0 Å². The third-order valence-electron chi connectivity index (χ3n) is 3.03. The number of nitrogens with zero attached hydrogens (tertiary/aromatic N) is 2. The number of rotatable bonds is 2. The highest BCUT2D eigenvalue weighted by Crippen LogP contribution is 2.12. The highest BCUT2D eigenvalue weighted by molar-refractivity contribution is 6.27. The lowest BCUT2D eigenvalue weighted by atomic mass is 10.1. The molecule has 96 valence electrons. The molecule has 1 aliphatic rings. The average molecular weight is 267 g/mol. The van der Waals surface area contributed by atoms with Crippen molar-refractivity contribution in [2.75, 3.05) is 25.6 Å². The van der Waals surface area contributed by atoms with Gasteiger partial charge in [-0.3, -0.25) is 9.59 Å². The molecule has 0 N–H and O–H groups in total. The van der Waals surface area contributed by atoms with Gasteiger partial charge in [0.05, 0.1) is 6.67 Å². The van der Waals surface area contributed by atoms with Gasteiger partial charge in [0.2, 0.25) is 5.91 Å². The maximum atomic E-state index is 12.2. The maximum absolute atomic E-state index is 12.2. The van der Waals surface area contributed by atoms with Crippen LogP contribution in [0.2, 0.25) is 0 Å². The van der Waals surface area contributed by atoms with E-state index in [2.05, 4.69) is 0 Å². The van der Waals surface area contributed by atoms with Crippen molar-refractivity contribution in [1.82, 2.24) is 9.80 Å². The van der Waals surface area contributed by atoms with Crippen molar-refractivity contribution >= 4 is 23.4 Å². The van der Waals surface area contributed by atoms with E-state index in [9.17, 15) is 9.59 Å². The fourth-order valence-corrected chi connectivity index (χ4v) is 2.09. The quantitative estimate of drug-likeness (QED) is 0.761. The molecule has 1 aromatic rings. The molecular weight excluding hydrogens is 252 g/mol. The molecule has 1 heterocycles. The average Bonchev–Trinajstić information content (AvgIpc) is 2.87. The van der Waals surface area contributed by atoms with E-state index in [1.165, 1.54) is 0 Å². The van der Waals surface area contributed by atoms with Gasteiger partial charge in [0.15, 0.2) is 0 Å². The Bertz CT molecular complexity index is 459. The van der Waals surface area contributed by atoms with E-state index in [4.69, 9.17) is 11.6 Å². The minimum absolute atomic E-state index is 0.0352. The van der Waals surface area contributed by atoms with Crippen LogP contribution >= 0.6 is 11.6 Å². The summed E-state index contributed by atoms with van der Waals surface area (Å²) in [4.78, 5) is 26.8. The van der Waals surface area contributed by atoms with Crippen LogP contribution in [0.5, 0.6) is 0 Å². The summed E-state index contributed by atoms with van der Waals surface area (Å²) < 4.78 is 0. The van der Waals surface area contributed by atoms with E-state index in [1.807, 2.05) is 31.2 Å². The molecule has 18 heavy (non-hydrogen) atoms. The normalized spacial score (nSPS) is 15.0. The van der Waals surface area contributed by atoms with Crippen molar-refractivity contribution in [3.63, 3.8) is 0 Å². The van der Waals surface area contributed by atoms with E-state index in [0.717, 1.165) is 5.56 Å². The minimum atomic E-state index is -0.129. The summed E-state index contributed by atoms with van der Waals surface area (Å²) in [5, 5.41) is 0. The molecular formula is C13H15ClN2O2. The van der Waals surface area contributed by atoms with Crippen molar-refractivity contribution < 1.29 is 9.59 Å². The molecule has 0 aliphatic carbocycles. The first kappa shape index (κ1) is 12.9. The van der Waals surface area contributed by atoms with E-state index < -0.39 is 0 Å². The molecule has 5 heteroatoms. The molecule has 4 nitrogen and oxygen atoms in total. The zero-order chi connectivity index (χ0) is 13.1. The third-order valence-corrected chi connectivity index (χ3v) is 3.26. The third kappa shape index (κ3) is 2.64. The van der Waals surface area contributed by atoms with Gasteiger partial charge >= 0.3 is 0 Å². The topological polar surface area (TPSA) is 40.6 Å². The molecule has 2 amide bonds. The zero-order valence-corrected chi connectivity index (χ0v) is 11.0. The largest absolute Gasteiger partial charge is 0.322 e. The summed E-state index contributed by atoms with van der Waals surface area (Å²) >= 11 is 5.50. The Balaban J connectivity index is 2.03. The van der Waals surface area contributed by atoms with Crippen molar-refractivity contribution in [2.24, 2.45) is 0 Å². The highest BCUT2D eigenvalue weighted by Gasteiger charge is 2.27. The number of benzene rings is 1. The lowest BCUT2D eigenvalue weighted by molar-refractivity contribution is -0.127. The summed E-state index contributed by atoms with van der Waals surface area (Å²) in [6.07, 6.45) is 0. The molecule has 0 aromatic heterocycles. The maximum Gasteiger partial charge on any atom is 0.255 e. The number of carbonyl (C=O) groups is 2. The molecule has 1 fully saturated rings. The molecule has 0 unspecified atom stereocenters. The van der Waals surface area contributed by atoms with Crippen LogP contribution in [0.25, 0.3) is 0 Å². The molecule has 1 saturated heterocycles. The lowest BCUT2D eigenvalue weighted by Crippen LogP contribution is -2.34. The first-order chi connectivity index (χ1) is 8.61. The first-order valence-corrected chi connectivity index (χ1v) is 6.35. The molecule has 0 saturated carbocycles. The molecule has 1 aliphatic heterocycles. The van der Waals surface area contributed by atoms with Gasteiger partial charge in [-0.25, -0.2) is 0 Å². The van der Waals surface area contributed by atoms with E-state index in [-0.39, 0.29) is 17.7 Å². The summed E-state index contributed by atoms with van der Waals surface area (Å²) in [5.74, 6) is -0.206. The number of hydrogen-bond donors (Lipinski definition) is 0. The predicted molar refractivity (Wildman–Crippen MR) is 69.5 cm³/mol. The number of alkyl halides is 1. The Kier molecular flexibility index (Phi) is 3.87. The van der Waals surface area contributed by atoms with E-state index in [0.29, 0.717) is 25.3 Å². The Morgan fingerprint density at radius 1 is 1.17 bits per heavy atom. The van der Waals surface area contributed by atoms with Crippen LogP contribution in [-0.2, 0) is 4.79 Å². The van der Waals surface area contributed by atoms with Crippen molar-refractivity contribution in [3.05, 3.63) is 35.4 Å². The van der Waals surface area contributed by atoms with Gasteiger partial charge in [0, 0.05) is 18.7 Å². The number of halogens is 1. The molecule has 0 radical (unpaired) electrons. The highest BCUT2D eigenvalue weighted by atomic mass is 35.5. The van der Waals surface area contributed by atoms with Crippen LogP contribution in [0.3, 0.4) is 0 Å². The second kappa shape index (κ2) is 5.40. The molecule has 2 rings (SSSR count). The summed E-state index contributed by atoms with van der Waals surface area (Å²) in [7, 11) is 0. The van der Waals surface area contributed by atoms with Crippen LogP contribution in [0, 0.1) is 6.92 Å². The second-order valence-corrected chi connectivity index (χ2v) is 4.63. The second-order valence-electron chi connectivity index (χ2n) is 4.37. The van der Waals surface area contributed by atoms with Crippen molar-refractivity contribution in [2.45, 2.75) is 6.92 Å². The van der Waals surface area contributed by atoms with Gasteiger partial charge in [-0.05, 0) is 19.1 Å². The van der Waals surface area contributed by atoms with Crippen LogP contribution < -0.4 is 0 Å². The number of aryl methyl sites for hydroxylation is 1. The number of amides is 2. The van der Waals surface area contributed by atoms with Gasteiger partial charge < -0.3 is 9.80 Å². The fraction of sp³-hybridized carbons (Fsp3) is 0.385. The van der Waals surface area contributed by atoms with Gasteiger partial charge in [-0.15, -0.1) is 11.6 Å². The standard InChI is InChI=1S/C13H15ClN2O2/c1-10-2-4-11(5-3-10)13(18)16-7-6-15(9-16)12(17)8-14/h2-5H,6-9H2,1H3. The van der Waals surface area contributed by atoms with Gasteiger partial charge in [0.1, 0.15) is 5.88 Å². The lowest BCUT2D eigenvalue weighted by Gasteiger charge is -2.17. The Hall–Kier alpha value is -1.55. The molecule has 0 atom stereocenters. The van der Waals surface area contributed by atoms with Crippen LogP contribution in [0.1, 0.15) is 15.9 Å². The van der Waals surface area contributed by atoms with E-state index >= 15 is 0 Å². The number of carbonyl (C=O) groups excluding carboxylic acids is 2. The zero-order valence-electron chi connectivity index (χ0n) is 10.2. The van der Waals surface area contributed by atoms with E-state index in [1.54, 1.807) is 9.80 Å². The molecule has 1 aromatic carbocycles.